The molecule has 0 spiro atoms. The maximum atomic E-state index is 10.4. The van der Waals surface area contributed by atoms with Crippen molar-refractivity contribution < 1.29 is 14.6 Å². The number of carbonyl (C=O) groups is 1. The standard InChI is InChI=1S/C7H13NO3/c9-4-1-2-8-3-5-11-7(8)6-10/h6-7,9H,1-5H2. The number of nitrogens with zero attached hydrogens (tertiary/aromatic N) is 1. The highest BCUT2D eigenvalue weighted by atomic mass is 16.5. The Morgan fingerprint density at radius 2 is 2.55 bits per heavy atom. The van der Waals surface area contributed by atoms with Crippen molar-refractivity contribution in [2.45, 2.75) is 12.6 Å². The normalized spacial score (nSPS) is 25.7. The summed E-state index contributed by atoms with van der Waals surface area (Å²) in [5.41, 5.74) is 0. The van der Waals surface area contributed by atoms with Gasteiger partial charge in [-0.1, -0.05) is 0 Å². The van der Waals surface area contributed by atoms with Crippen LogP contribution in [-0.2, 0) is 9.53 Å². The summed E-state index contributed by atoms with van der Waals surface area (Å²) in [4.78, 5) is 12.3. The van der Waals surface area contributed by atoms with Gasteiger partial charge in [0.15, 0.2) is 12.5 Å². The number of aliphatic hydroxyl groups is 1. The third-order valence-electron chi connectivity index (χ3n) is 1.75. The zero-order chi connectivity index (χ0) is 8.10. The SMILES string of the molecule is O=CC1OCCN1CCCO. The molecule has 0 aromatic rings. The molecule has 1 aliphatic heterocycles. The highest BCUT2D eigenvalue weighted by Crippen LogP contribution is 2.07. The van der Waals surface area contributed by atoms with E-state index >= 15 is 0 Å². The van der Waals surface area contributed by atoms with E-state index in [1.54, 1.807) is 0 Å². The van der Waals surface area contributed by atoms with E-state index in [-0.39, 0.29) is 12.8 Å². The van der Waals surface area contributed by atoms with Crippen molar-refractivity contribution in [3.63, 3.8) is 0 Å². The van der Waals surface area contributed by atoms with Crippen LogP contribution >= 0.6 is 0 Å². The van der Waals surface area contributed by atoms with E-state index in [4.69, 9.17) is 9.84 Å². The summed E-state index contributed by atoms with van der Waals surface area (Å²) in [6, 6.07) is 0. The van der Waals surface area contributed by atoms with Gasteiger partial charge in [-0.25, -0.2) is 0 Å². The highest BCUT2D eigenvalue weighted by molar-refractivity contribution is 5.55. The molecular formula is C7H13NO3. The minimum atomic E-state index is -0.374. The fraction of sp³-hybridized carbons (Fsp3) is 0.857. The number of aliphatic hydroxyl groups excluding tert-OH is 1. The largest absolute Gasteiger partial charge is 0.396 e. The van der Waals surface area contributed by atoms with Crippen LogP contribution < -0.4 is 0 Å². The van der Waals surface area contributed by atoms with Crippen LogP contribution in [0.4, 0.5) is 0 Å². The second-order valence-corrected chi connectivity index (χ2v) is 2.51. The average Bonchev–Trinajstić information content (AvgIpc) is 2.47. The van der Waals surface area contributed by atoms with Gasteiger partial charge >= 0.3 is 0 Å². The summed E-state index contributed by atoms with van der Waals surface area (Å²) in [6.45, 7) is 2.32. The molecule has 11 heavy (non-hydrogen) atoms. The van der Waals surface area contributed by atoms with Gasteiger partial charge in [-0.05, 0) is 6.42 Å². The molecule has 1 N–H and O–H groups in total. The predicted octanol–water partition coefficient (Wildman–Crippen LogP) is -0.774. The molecule has 64 valence electrons. The number of aldehydes is 1. The van der Waals surface area contributed by atoms with Crippen molar-refractivity contribution in [3.8, 4) is 0 Å². The molecule has 0 aliphatic carbocycles. The summed E-state index contributed by atoms with van der Waals surface area (Å²) in [7, 11) is 0. The Labute approximate surface area is 65.8 Å². The second kappa shape index (κ2) is 4.43. The second-order valence-electron chi connectivity index (χ2n) is 2.51. The van der Waals surface area contributed by atoms with Crippen LogP contribution in [0.5, 0.6) is 0 Å². The molecule has 0 aromatic carbocycles. The van der Waals surface area contributed by atoms with E-state index in [1.807, 2.05) is 4.90 Å². The van der Waals surface area contributed by atoms with Crippen LogP contribution in [0, 0.1) is 0 Å². The summed E-state index contributed by atoms with van der Waals surface area (Å²) in [6.07, 6.45) is 1.12. The van der Waals surface area contributed by atoms with Crippen LogP contribution in [0.15, 0.2) is 0 Å². The van der Waals surface area contributed by atoms with Crippen LogP contribution in [-0.4, -0.2) is 48.8 Å². The van der Waals surface area contributed by atoms with Crippen molar-refractivity contribution in [1.82, 2.24) is 4.90 Å². The van der Waals surface area contributed by atoms with Gasteiger partial charge in [-0.15, -0.1) is 0 Å². The van der Waals surface area contributed by atoms with Gasteiger partial charge in [0.1, 0.15) is 0 Å². The van der Waals surface area contributed by atoms with Crippen LogP contribution in [0.1, 0.15) is 6.42 Å². The molecule has 1 heterocycles. The smallest absolute Gasteiger partial charge is 0.167 e. The van der Waals surface area contributed by atoms with Crippen LogP contribution in [0.3, 0.4) is 0 Å². The lowest BCUT2D eigenvalue weighted by atomic mass is 10.4. The Morgan fingerprint density at radius 3 is 3.18 bits per heavy atom. The number of rotatable bonds is 4. The zero-order valence-electron chi connectivity index (χ0n) is 6.40. The fourth-order valence-electron chi connectivity index (χ4n) is 1.16. The Kier molecular flexibility index (Phi) is 3.48. The summed E-state index contributed by atoms with van der Waals surface area (Å²) in [5, 5.41) is 8.53. The fourth-order valence-corrected chi connectivity index (χ4v) is 1.16. The number of hydrogen-bond acceptors (Lipinski definition) is 4. The lowest BCUT2D eigenvalue weighted by Gasteiger charge is -2.16. The predicted molar refractivity (Wildman–Crippen MR) is 39.1 cm³/mol. The Balaban J connectivity index is 2.25. The van der Waals surface area contributed by atoms with Gasteiger partial charge in [0.2, 0.25) is 0 Å². The van der Waals surface area contributed by atoms with E-state index in [9.17, 15) is 4.79 Å². The molecule has 0 aromatic heterocycles. The van der Waals surface area contributed by atoms with E-state index in [0.717, 1.165) is 19.4 Å². The first-order chi connectivity index (χ1) is 5.38. The lowest BCUT2D eigenvalue weighted by Crippen LogP contribution is -2.32. The van der Waals surface area contributed by atoms with Crippen molar-refractivity contribution in [2.24, 2.45) is 0 Å². The first-order valence-corrected chi connectivity index (χ1v) is 3.80. The molecule has 0 amide bonds. The lowest BCUT2D eigenvalue weighted by molar-refractivity contribution is -0.121. The van der Waals surface area contributed by atoms with Crippen molar-refractivity contribution in [3.05, 3.63) is 0 Å². The van der Waals surface area contributed by atoms with Gasteiger partial charge in [-0.3, -0.25) is 9.69 Å². The summed E-state index contributed by atoms with van der Waals surface area (Å²) < 4.78 is 5.09. The number of carbonyl (C=O) groups excluding carboxylic acids is 1. The van der Waals surface area contributed by atoms with Crippen LogP contribution in [0.25, 0.3) is 0 Å². The molecule has 4 heteroatoms. The quantitative estimate of drug-likeness (QED) is 0.547. The van der Waals surface area contributed by atoms with Gasteiger partial charge in [0.05, 0.1) is 6.61 Å². The molecule has 1 unspecified atom stereocenters. The minimum Gasteiger partial charge on any atom is -0.396 e. The maximum Gasteiger partial charge on any atom is 0.167 e. The Bertz CT molecular complexity index is 129. The van der Waals surface area contributed by atoms with E-state index < -0.39 is 0 Å². The monoisotopic (exact) mass is 159 g/mol. The number of hydrogen-bond donors (Lipinski definition) is 1. The van der Waals surface area contributed by atoms with Gasteiger partial charge in [0.25, 0.3) is 0 Å². The van der Waals surface area contributed by atoms with E-state index in [2.05, 4.69) is 0 Å². The van der Waals surface area contributed by atoms with E-state index in [1.165, 1.54) is 0 Å². The zero-order valence-corrected chi connectivity index (χ0v) is 6.40. The van der Waals surface area contributed by atoms with Gasteiger partial charge < -0.3 is 9.84 Å². The van der Waals surface area contributed by atoms with Crippen LogP contribution in [0.2, 0.25) is 0 Å². The highest BCUT2D eigenvalue weighted by Gasteiger charge is 2.23. The molecule has 1 rings (SSSR count). The third-order valence-corrected chi connectivity index (χ3v) is 1.75. The molecule has 0 bridgehead atoms. The number of ether oxygens (including phenoxy) is 1. The van der Waals surface area contributed by atoms with Gasteiger partial charge in [-0.2, -0.15) is 0 Å². The first kappa shape index (κ1) is 8.64. The van der Waals surface area contributed by atoms with Gasteiger partial charge in [0, 0.05) is 19.7 Å². The van der Waals surface area contributed by atoms with Crippen molar-refractivity contribution in [2.75, 3.05) is 26.3 Å². The summed E-state index contributed by atoms with van der Waals surface area (Å²) >= 11 is 0. The molecule has 4 nitrogen and oxygen atoms in total. The molecule has 1 saturated heterocycles. The Hall–Kier alpha value is -0.450. The molecular weight excluding hydrogens is 146 g/mol. The van der Waals surface area contributed by atoms with Crippen molar-refractivity contribution in [1.29, 1.82) is 0 Å². The third kappa shape index (κ3) is 2.25. The van der Waals surface area contributed by atoms with Crippen molar-refractivity contribution >= 4 is 6.29 Å². The summed E-state index contributed by atoms with van der Waals surface area (Å²) in [5.74, 6) is 0. The minimum absolute atomic E-state index is 0.169. The molecule has 1 atom stereocenters. The first-order valence-electron chi connectivity index (χ1n) is 3.80. The average molecular weight is 159 g/mol. The Morgan fingerprint density at radius 1 is 1.73 bits per heavy atom. The molecule has 0 radical (unpaired) electrons. The maximum absolute atomic E-state index is 10.4. The van der Waals surface area contributed by atoms with E-state index in [0.29, 0.717) is 13.0 Å². The molecule has 0 saturated carbocycles. The molecule has 1 aliphatic rings. The topological polar surface area (TPSA) is 49.8 Å². The molecule has 1 fully saturated rings.